The van der Waals surface area contributed by atoms with Crippen molar-refractivity contribution in [2.24, 2.45) is 0 Å². The molecule has 0 aromatic carbocycles. The summed E-state index contributed by atoms with van der Waals surface area (Å²) in [6.45, 7) is 4.96. The van der Waals surface area contributed by atoms with Gasteiger partial charge in [0.25, 0.3) is 0 Å². The molecule has 1 aromatic heterocycles. The maximum atomic E-state index is 3.77. The lowest BCUT2D eigenvalue weighted by Gasteiger charge is -2.04. The molecule has 0 spiro atoms. The molecule has 0 saturated carbocycles. The Morgan fingerprint density at radius 3 is 1.52 bits per heavy atom. The van der Waals surface area contributed by atoms with Gasteiger partial charge in [0.1, 0.15) is 0 Å². The molecule has 0 aliphatic carbocycles. The third-order valence-corrected chi connectivity index (χ3v) is 4.24. The van der Waals surface area contributed by atoms with Crippen molar-refractivity contribution in [3.05, 3.63) is 37.2 Å². The van der Waals surface area contributed by atoms with Crippen molar-refractivity contribution in [2.75, 3.05) is 0 Å². The minimum absolute atomic E-state index is 1.19. The average Bonchev–Trinajstić information content (AvgIpc) is 3.01. The normalized spacial score (nSPS) is 10.9. The summed E-state index contributed by atoms with van der Waals surface area (Å²) in [6.07, 6.45) is 24.5. The molecule has 0 saturated heterocycles. The van der Waals surface area contributed by atoms with Crippen LogP contribution in [0.4, 0.5) is 0 Å². The molecule has 0 aliphatic rings. The maximum absolute atomic E-state index is 3.77. The van der Waals surface area contributed by atoms with Crippen molar-refractivity contribution in [1.29, 1.82) is 0 Å². The molecule has 0 N–H and O–H groups in total. The molecule has 0 amide bonds. The fourth-order valence-electron chi connectivity index (χ4n) is 2.87. The van der Waals surface area contributed by atoms with Crippen LogP contribution in [0.5, 0.6) is 0 Å². The van der Waals surface area contributed by atoms with Crippen LogP contribution in [0.15, 0.2) is 37.2 Å². The zero-order valence-corrected chi connectivity index (χ0v) is 13.9. The highest BCUT2D eigenvalue weighted by atomic mass is 14.9. The number of rotatable bonds is 15. The molecule has 0 unspecified atom stereocenters. The second-order valence-electron chi connectivity index (χ2n) is 6.24. The van der Waals surface area contributed by atoms with Gasteiger partial charge in [-0.1, -0.05) is 70.3 Å². The highest BCUT2D eigenvalue weighted by molar-refractivity contribution is 4.89. The van der Waals surface area contributed by atoms with Gasteiger partial charge in [0.05, 0.1) is 0 Å². The fourth-order valence-corrected chi connectivity index (χ4v) is 2.87. The molecule has 0 bridgehead atoms. The highest BCUT2D eigenvalue weighted by Gasteiger charge is 1.94. The topological polar surface area (TPSA) is 4.93 Å². The predicted molar refractivity (Wildman–Crippen MR) is 94.7 cm³/mol. The zero-order valence-electron chi connectivity index (χ0n) is 13.9. The summed E-state index contributed by atoms with van der Waals surface area (Å²) in [6, 6.07) is 4.22. The third kappa shape index (κ3) is 11.4. The van der Waals surface area contributed by atoms with Gasteiger partial charge in [0.2, 0.25) is 0 Å². The van der Waals surface area contributed by atoms with Crippen LogP contribution in [0.2, 0.25) is 0 Å². The van der Waals surface area contributed by atoms with Crippen molar-refractivity contribution in [3.8, 4) is 0 Å². The Morgan fingerprint density at radius 1 is 0.619 bits per heavy atom. The molecule has 0 radical (unpaired) electrons. The van der Waals surface area contributed by atoms with E-state index in [1.54, 1.807) is 0 Å². The largest absolute Gasteiger partial charge is 0.354 e. The molecule has 120 valence electrons. The lowest BCUT2D eigenvalue weighted by atomic mass is 10.0. The van der Waals surface area contributed by atoms with Gasteiger partial charge >= 0.3 is 0 Å². The Kier molecular flexibility index (Phi) is 12.0. The summed E-state index contributed by atoms with van der Waals surface area (Å²) in [4.78, 5) is 0. The van der Waals surface area contributed by atoms with Crippen molar-refractivity contribution < 1.29 is 0 Å². The Labute approximate surface area is 132 Å². The molecular formula is C20H35N. The van der Waals surface area contributed by atoms with E-state index in [0.717, 1.165) is 0 Å². The van der Waals surface area contributed by atoms with Gasteiger partial charge in [0.15, 0.2) is 0 Å². The van der Waals surface area contributed by atoms with Crippen LogP contribution in [0, 0.1) is 0 Å². The maximum Gasteiger partial charge on any atom is 0.0219 e. The van der Waals surface area contributed by atoms with E-state index in [0.29, 0.717) is 0 Å². The predicted octanol–water partition coefficient (Wildman–Crippen LogP) is 6.75. The zero-order chi connectivity index (χ0) is 15.0. The van der Waals surface area contributed by atoms with E-state index in [1.807, 2.05) is 6.08 Å². The molecule has 0 fully saturated rings. The van der Waals surface area contributed by atoms with Gasteiger partial charge in [-0.05, 0) is 31.4 Å². The summed E-state index contributed by atoms with van der Waals surface area (Å²) in [5, 5.41) is 0. The van der Waals surface area contributed by atoms with E-state index >= 15 is 0 Å². The van der Waals surface area contributed by atoms with Crippen molar-refractivity contribution in [2.45, 2.75) is 90.0 Å². The number of hydrogen-bond donors (Lipinski definition) is 0. The first-order valence-corrected chi connectivity index (χ1v) is 9.15. The lowest BCUT2D eigenvalue weighted by Crippen LogP contribution is -1.93. The molecule has 0 aliphatic heterocycles. The summed E-state index contributed by atoms with van der Waals surface area (Å²) < 4.78 is 2.29. The standard InChI is InChI=1S/C20H35N/c1-2-3-4-5-6-7-8-9-10-11-12-13-14-15-18-21-19-16-17-20-21/h2,16-17,19-20H,1,3-15,18H2. The van der Waals surface area contributed by atoms with Crippen LogP contribution in [0.25, 0.3) is 0 Å². The van der Waals surface area contributed by atoms with Crippen LogP contribution in [-0.4, -0.2) is 4.57 Å². The summed E-state index contributed by atoms with van der Waals surface area (Å²) in [7, 11) is 0. The number of unbranched alkanes of at least 4 members (excludes halogenated alkanes) is 12. The first kappa shape index (κ1) is 18.1. The smallest absolute Gasteiger partial charge is 0.0219 e. The number of allylic oxidation sites excluding steroid dienone is 1. The van der Waals surface area contributed by atoms with E-state index in [9.17, 15) is 0 Å². The Morgan fingerprint density at radius 2 is 1.05 bits per heavy atom. The first-order valence-electron chi connectivity index (χ1n) is 9.15. The van der Waals surface area contributed by atoms with Crippen molar-refractivity contribution in [1.82, 2.24) is 4.57 Å². The van der Waals surface area contributed by atoms with Crippen LogP contribution < -0.4 is 0 Å². The molecule has 1 aromatic rings. The summed E-state index contributed by atoms with van der Waals surface area (Å²) in [5.41, 5.74) is 0. The molecule has 1 rings (SSSR count). The van der Waals surface area contributed by atoms with Gasteiger partial charge in [-0.15, -0.1) is 6.58 Å². The van der Waals surface area contributed by atoms with Gasteiger partial charge in [0, 0.05) is 18.9 Å². The van der Waals surface area contributed by atoms with Gasteiger partial charge in [-0.25, -0.2) is 0 Å². The number of aromatic nitrogens is 1. The van der Waals surface area contributed by atoms with Crippen LogP contribution in [0.1, 0.15) is 83.5 Å². The van der Waals surface area contributed by atoms with Crippen LogP contribution >= 0.6 is 0 Å². The van der Waals surface area contributed by atoms with E-state index in [-0.39, 0.29) is 0 Å². The highest BCUT2D eigenvalue weighted by Crippen LogP contribution is 2.12. The molecule has 0 atom stereocenters. The monoisotopic (exact) mass is 289 g/mol. The molecular weight excluding hydrogens is 254 g/mol. The molecule has 1 nitrogen and oxygen atoms in total. The minimum Gasteiger partial charge on any atom is -0.354 e. The van der Waals surface area contributed by atoms with Gasteiger partial charge in [-0.3, -0.25) is 0 Å². The van der Waals surface area contributed by atoms with E-state index in [2.05, 4.69) is 35.7 Å². The third-order valence-electron chi connectivity index (χ3n) is 4.24. The number of hydrogen-bond acceptors (Lipinski definition) is 0. The summed E-state index contributed by atoms with van der Waals surface area (Å²) in [5.74, 6) is 0. The van der Waals surface area contributed by atoms with E-state index in [4.69, 9.17) is 0 Å². The second-order valence-corrected chi connectivity index (χ2v) is 6.24. The number of nitrogens with zero attached hydrogens (tertiary/aromatic N) is 1. The molecule has 1 heteroatoms. The van der Waals surface area contributed by atoms with Gasteiger partial charge < -0.3 is 4.57 Å². The first-order chi connectivity index (χ1) is 10.4. The van der Waals surface area contributed by atoms with E-state index in [1.165, 1.54) is 90.0 Å². The second kappa shape index (κ2) is 14.0. The lowest BCUT2D eigenvalue weighted by molar-refractivity contribution is 0.527. The Balaban J connectivity index is 1.70. The van der Waals surface area contributed by atoms with Crippen molar-refractivity contribution >= 4 is 0 Å². The van der Waals surface area contributed by atoms with E-state index < -0.39 is 0 Å². The van der Waals surface area contributed by atoms with Crippen LogP contribution in [-0.2, 0) is 6.54 Å². The average molecular weight is 290 g/mol. The van der Waals surface area contributed by atoms with Crippen LogP contribution in [0.3, 0.4) is 0 Å². The molecule has 21 heavy (non-hydrogen) atoms. The SMILES string of the molecule is C=CCCCCCCCCCCCCCCn1cccc1. The quantitative estimate of drug-likeness (QED) is 0.249. The summed E-state index contributed by atoms with van der Waals surface area (Å²) >= 11 is 0. The number of aryl methyl sites for hydroxylation is 1. The fraction of sp³-hybridized carbons (Fsp3) is 0.700. The van der Waals surface area contributed by atoms with Gasteiger partial charge in [-0.2, -0.15) is 0 Å². The Bertz CT molecular complexity index is 313. The van der Waals surface area contributed by atoms with Crippen molar-refractivity contribution in [3.63, 3.8) is 0 Å². The minimum atomic E-state index is 1.19. The molecule has 1 heterocycles. The Hall–Kier alpha value is -0.980.